The lowest BCUT2D eigenvalue weighted by molar-refractivity contribution is -0.119. The van der Waals surface area contributed by atoms with E-state index in [0.717, 1.165) is 26.6 Å². The molecule has 7 heteroatoms. The van der Waals surface area contributed by atoms with Crippen molar-refractivity contribution in [2.75, 3.05) is 10.8 Å². The molecule has 0 heterocycles. The highest BCUT2D eigenvalue weighted by Crippen LogP contribution is 2.26. The maximum Gasteiger partial charge on any atom is 0.264 e. The molecule has 0 aliphatic heterocycles. The normalized spacial score (nSPS) is 12.4. The molecule has 0 spiro atoms. The molecule has 0 unspecified atom stereocenters. The van der Waals surface area contributed by atoms with Crippen LogP contribution in [0.1, 0.15) is 55.5 Å². The van der Waals surface area contributed by atoms with E-state index in [1.807, 2.05) is 51.1 Å². The van der Waals surface area contributed by atoms with Crippen molar-refractivity contribution in [2.45, 2.75) is 58.8 Å². The minimum atomic E-state index is -3.98. The highest BCUT2D eigenvalue weighted by molar-refractivity contribution is 7.92. The number of nitrogens with one attached hydrogen (secondary N) is 1. The Morgan fingerprint density at radius 1 is 0.861 bits per heavy atom. The molecule has 190 valence electrons. The number of hydrazone groups is 1. The van der Waals surface area contributed by atoms with E-state index in [0.29, 0.717) is 11.4 Å². The Morgan fingerprint density at radius 3 is 1.94 bits per heavy atom. The van der Waals surface area contributed by atoms with Crippen molar-refractivity contribution < 1.29 is 13.2 Å². The molecule has 6 nitrogen and oxygen atoms in total. The van der Waals surface area contributed by atoms with Crippen molar-refractivity contribution in [1.29, 1.82) is 0 Å². The van der Waals surface area contributed by atoms with Gasteiger partial charge in [-0.15, -0.1) is 0 Å². The first-order valence-corrected chi connectivity index (χ1v) is 13.3. The van der Waals surface area contributed by atoms with Gasteiger partial charge in [-0.05, 0) is 79.6 Å². The van der Waals surface area contributed by atoms with Crippen LogP contribution < -0.4 is 9.73 Å². The summed E-state index contributed by atoms with van der Waals surface area (Å²) in [6.45, 7) is 13.5. The van der Waals surface area contributed by atoms with Crippen molar-refractivity contribution in [1.82, 2.24) is 5.43 Å². The van der Waals surface area contributed by atoms with Gasteiger partial charge in [0.15, 0.2) is 0 Å². The third-order valence-corrected chi connectivity index (χ3v) is 7.70. The highest BCUT2D eigenvalue weighted by Gasteiger charge is 2.27. The van der Waals surface area contributed by atoms with Crippen LogP contribution >= 0.6 is 0 Å². The van der Waals surface area contributed by atoms with E-state index >= 15 is 0 Å². The zero-order valence-electron chi connectivity index (χ0n) is 22.1. The number of sulfonamides is 1. The van der Waals surface area contributed by atoms with Crippen LogP contribution in [0, 0.1) is 20.8 Å². The van der Waals surface area contributed by atoms with Gasteiger partial charge in [0.05, 0.1) is 16.3 Å². The summed E-state index contributed by atoms with van der Waals surface area (Å²) in [4.78, 5) is 13.0. The van der Waals surface area contributed by atoms with Gasteiger partial charge in [0.25, 0.3) is 15.9 Å². The minimum Gasteiger partial charge on any atom is -0.271 e. The number of hydrogen-bond acceptors (Lipinski definition) is 4. The summed E-state index contributed by atoms with van der Waals surface area (Å²) in [5.74, 6) is -0.532. The third kappa shape index (κ3) is 6.61. The summed E-state index contributed by atoms with van der Waals surface area (Å²) in [6, 6.07) is 20.1. The Hall–Kier alpha value is -3.45. The molecule has 0 aliphatic rings. The summed E-state index contributed by atoms with van der Waals surface area (Å²) in [6.07, 6.45) is 0. The minimum absolute atomic E-state index is 0.0400. The van der Waals surface area contributed by atoms with Gasteiger partial charge in [-0.25, -0.2) is 13.8 Å². The summed E-state index contributed by atoms with van der Waals surface area (Å²) in [7, 11) is -3.98. The third-order valence-electron chi connectivity index (χ3n) is 5.91. The van der Waals surface area contributed by atoms with Crippen LogP contribution in [0.25, 0.3) is 0 Å². The van der Waals surface area contributed by atoms with Crippen LogP contribution in [-0.4, -0.2) is 26.6 Å². The van der Waals surface area contributed by atoms with E-state index in [-0.39, 0.29) is 10.3 Å². The molecule has 0 aromatic heterocycles. The summed E-state index contributed by atoms with van der Waals surface area (Å²) < 4.78 is 28.3. The predicted molar refractivity (Wildman–Crippen MR) is 147 cm³/mol. The fourth-order valence-corrected chi connectivity index (χ4v) is 5.24. The van der Waals surface area contributed by atoms with Crippen LogP contribution in [-0.2, 0) is 20.2 Å². The molecule has 0 saturated carbocycles. The second-order valence-electron chi connectivity index (χ2n) is 10.2. The average Bonchev–Trinajstić information content (AvgIpc) is 2.80. The molecule has 0 radical (unpaired) electrons. The molecule has 0 saturated heterocycles. The van der Waals surface area contributed by atoms with Crippen molar-refractivity contribution in [3.63, 3.8) is 0 Å². The highest BCUT2D eigenvalue weighted by atomic mass is 32.2. The number of carbonyl (C=O) groups is 1. The summed E-state index contributed by atoms with van der Waals surface area (Å²) in [5, 5.41) is 4.23. The van der Waals surface area contributed by atoms with Crippen LogP contribution in [0.3, 0.4) is 0 Å². The first-order chi connectivity index (χ1) is 16.8. The largest absolute Gasteiger partial charge is 0.271 e. The Labute approximate surface area is 215 Å². The van der Waals surface area contributed by atoms with Crippen molar-refractivity contribution >= 4 is 27.3 Å². The molecule has 1 amide bonds. The van der Waals surface area contributed by atoms with E-state index in [1.54, 1.807) is 43.3 Å². The predicted octanol–water partition coefficient (Wildman–Crippen LogP) is 5.65. The fraction of sp³-hybridized carbons (Fsp3) is 0.310. The van der Waals surface area contributed by atoms with Gasteiger partial charge in [0.1, 0.15) is 6.54 Å². The average molecular weight is 506 g/mol. The van der Waals surface area contributed by atoms with Crippen LogP contribution in [0.2, 0.25) is 0 Å². The van der Waals surface area contributed by atoms with Crippen LogP contribution in [0.15, 0.2) is 76.7 Å². The molecule has 36 heavy (non-hydrogen) atoms. The number of nitrogens with zero attached hydrogens (tertiary/aromatic N) is 2. The molecule has 0 aliphatic carbocycles. The lowest BCUT2D eigenvalue weighted by atomic mass is 9.86. The van der Waals surface area contributed by atoms with Crippen molar-refractivity contribution in [3.05, 3.63) is 94.5 Å². The number of benzene rings is 3. The second-order valence-corrected chi connectivity index (χ2v) is 12.1. The number of anilines is 1. The van der Waals surface area contributed by atoms with Crippen molar-refractivity contribution in [3.8, 4) is 0 Å². The number of rotatable bonds is 7. The lowest BCUT2D eigenvalue weighted by Crippen LogP contribution is -2.39. The quantitative estimate of drug-likeness (QED) is 0.333. The molecule has 0 bridgehead atoms. The lowest BCUT2D eigenvalue weighted by Gasteiger charge is -2.24. The first-order valence-electron chi connectivity index (χ1n) is 11.9. The van der Waals surface area contributed by atoms with Crippen LogP contribution in [0.5, 0.6) is 0 Å². The monoisotopic (exact) mass is 505 g/mol. The maximum absolute atomic E-state index is 13.6. The van der Waals surface area contributed by atoms with Gasteiger partial charge in [-0.3, -0.25) is 9.10 Å². The van der Waals surface area contributed by atoms with Crippen LogP contribution in [0.4, 0.5) is 5.69 Å². The van der Waals surface area contributed by atoms with E-state index < -0.39 is 22.5 Å². The molecule has 1 N–H and O–H groups in total. The summed E-state index contributed by atoms with van der Waals surface area (Å²) in [5.41, 5.74) is 8.47. The molecule has 3 rings (SSSR count). The molecular weight excluding hydrogens is 470 g/mol. The van der Waals surface area contributed by atoms with Gasteiger partial charge >= 0.3 is 0 Å². The topological polar surface area (TPSA) is 78.8 Å². The SMILES string of the molecule is C/C(=N/NC(=O)CN(c1cc(C)cc(C)c1)S(=O)(=O)c1ccc(C)cc1)c1ccc(C(C)(C)C)cc1. The number of aryl methyl sites for hydroxylation is 3. The first kappa shape index (κ1) is 27.1. The Kier molecular flexibility index (Phi) is 8.04. The molecule has 3 aromatic carbocycles. The molecule has 0 fully saturated rings. The Bertz CT molecular complexity index is 1350. The molecule has 3 aromatic rings. The number of hydrogen-bond donors (Lipinski definition) is 1. The van der Waals surface area contributed by atoms with E-state index in [1.165, 1.54) is 5.56 Å². The Balaban J connectivity index is 1.87. The molecular formula is C29H35N3O3S. The molecule has 0 atom stereocenters. The maximum atomic E-state index is 13.6. The van der Waals surface area contributed by atoms with Gasteiger partial charge in [-0.2, -0.15) is 5.10 Å². The van der Waals surface area contributed by atoms with E-state index in [9.17, 15) is 13.2 Å². The van der Waals surface area contributed by atoms with Gasteiger partial charge in [0.2, 0.25) is 0 Å². The zero-order chi connectivity index (χ0) is 26.7. The smallest absolute Gasteiger partial charge is 0.264 e. The van der Waals surface area contributed by atoms with E-state index in [2.05, 4.69) is 31.3 Å². The van der Waals surface area contributed by atoms with Gasteiger partial charge in [0, 0.05) is 0 Å². The van der Waals surface area contributed by atoms with Crippen molar-refractivity contribution in [2.24, 2.45) is 5.10 Å². The fourth-order valence-electron chi connectivity index (χ4n) is 3.84. The standard InChI is InChI=1S/C29H35N3O3S/c1-20-8-14-27(15-9-20)36(34,35)32(26-17-21(2)16-22(3)18-26)19-28(33)31-30-23(4)24-10-12-25(13-11-24)29(5,6)7/h8-18H,19H2,1-7H3,(H,31,33)/b30-23-. The number of amides is 1. The zero-order valence-corrected chi connectivity index (χ0v) is 22.9. The van der Waals surface area contributed by atoms with Gasteiger partial charge in [-0.1, -0.05) is 68.8 Å². The number of carbonyl (C=O) groups excluding carboxylic acids is 1. The Morgan fingerprint density at radius 2 is 1.42 bits per heavy atom. The van der Waals surface area contributed by atoms with E-state index in [4.69, 9.17) is 0 Å². The summed E-state index contributed by atoms with van der Waals surface area (Å²) >= 11 is 0. The second kappa shape index (κ2) is 10.7. The van der Waals surface area contributed by atoms with Gasteiger partial charge < -0.3 is 0 Å².